The number of rotatable bonds is 6. The van der Waals surface area contributed by atoms with Crippen LogP contribution in [0, 0.1) is 0 Å². The Hall–Kier alpha value is -3.22. The summed E-state index contributed by atoms with van der Waals surface area (Å²) in [5.41, 5.74) is 1.92. The van der Waals surface area contributed by atoms with Crippen molar-refractivity contribution in [2.45, 2.75) is 6.92 Å². The van der Waals surface area contributed by atoms with Crippen molar-refractivity contribution in [1.82, 2.24) is 4.98 Å². The minimum absolute atomic E-state index is 0.0742. The lowest BCUT2D eigenvalue weighted by Gasteiger charge is -2.25. The maximum atomic E-state index is 13.1. The number of fused-ring (bicyclic) bond motifs is 1. The number of nitrogens with zero attached hydrogens (tertiary/aromatic N) is 2. The Morgan fingerprint density at radius 1 is 1.06 bits per heavy atom. The predicted molar refractivity (Wildman–Crippen MR) is 130 cm³/mol. The Kier molecular flexibility index (Phi) is 6.49. The molecule has 2 aromatic carbocycles. The number of thiazole rings is 1. The maximum Gasteiger partial charge on any atom is 0.257 e. The first kappa shape index (κ1) is 23.0. The highest BCUT2D eigenvalue weighted by Gasteiger charge is 2.18. The lowest BCUT2D eigenvalue weighted by atomic mass is 10.1. The molecule has 3 aromatic rings. The van der Waals surface area contributed by atoms with Gasteiger partial charge in [-0.2, -0.15) is 0 Å². The van der Waals surface area contributed by atoms with Crippen LogP contribution >= 0.6 is 11.3 Å². The van der Waals surface area contributed by atoms with Gasteiger partial charge in [0.25, 0.3) is 5.91 Å². The van der Waals surface area contributed by atoms with Crippen molar-refractivity contribution in [2.24, 2.45) is 0 Å². The average molecular weight is 490 g/mol. The van der Waals surface area contributed by atoms with E-state index in [1.165, 1.54) is 36.5 Å². The van der Waals surface area contributed by atoms with Crippen LogP contribution in [0.4, 0.5) is 22.2 Å². The number of nitrogens with one attached hydrogen (secondary N) is 3. The Morgan fingerprint density at radius 3 is 2.45 bits per heavy atom. The summed E-state index contributed by atoms with van der Waals surface area (Å²) in [6, 6.07) is 9.77. The highest BCUT2D eigenvalue weighted by Crippen LogP contribution is 2.31. The Labute approximate surface area is 195 Å². The van der Waals surface area contributed by atoms with E-state index in [1.807, 2.05) is 12.1 Å². The molecular weight excluding hydrogens is 466 g/mol. The van der Waals surface area contributed by atoms with Crippen LogP contribution in [-0.4, -0.2) is 57.8 Å². The molecule has 1 saturated heterocycles. The van der Waals surface area contributed by atoms with Crippen molar-refractivity contribution < 1.29 is 22.7 Å². The zero-order chi connectivity index (χ0) is 23.6. The molecule has 0 atom stereocenters. The number of aromatic nitrogens is 1. The van der Waals surface area contributed by atoms with Crippen LogP contribution in [0.15, 0.2) is 36.4 Å². The molecule has 2 amide bonds. The van der Waals surface area contributed by atoms with Gasteiger partial charge in [-0.1, -0.05) is 11.3 Å². The lowest BCUT2D eigenvalue weighted by molar-refractivity contribution is -0.114. The number of anilines is 4. The smallest absolute Gasteiger partial charge is 0.257 e. The van der Waals surface area contributed by atoms with Crippen LogP contribution < -0.4 is 20.3 Å². The molecule has 33 heavy (non-hydrogen) atoms. The molecule has 4 rings (SSSR count). The summed E-state index contributed by atoms with van der Waals surface area (Å²) >= 11 is 1.53. The summed E-state index contributed by atoms with van der Waals surface area (Å²) in [6.07, 6.45) is 1.00. The van der Waals surface area contributed by atoms with E-state index in [4.69, 9.17) is 4.74 Å². The monoisotopic (exact) mass is 489 g/mol. The highest BCUT2D eigenvalue weighted by atomic mass is 32.2. The number of carbonyl (C=O) groups excluding carboxylic acids is 2. The van der Waals surface area contributed by atoms with E-state index in [-0.39, 0.29) is 17.2 Å². The second-order valence-corrected chi connectivity index (χ2v) is 10.3. The molecule has 1 aliphatic rings. The number of hydrogen-bond donors (Lipinski definition) is 3. The van der Waals surface area contributed by atoms with Crippen molar-refractivity contribution in [3.63, 3.8) is 0 Å². The second-order valence-electron chi connectivity index (χ2n) is 7.55. The first-order valence-corrected chi connectivity index (χ1v) is 12.8. The summed E-state index contributed by atoms with van der Waals surface area (Å²) < 4.78 is 32.1. The Bertz CT molecular complexity index is 1320. The quantitative estimate of drug-likeness (QED) is 0.485. The van der Waals surface area contributed by atoms with Crippen LogP contribution in [0.1, 0.15) is 17.3 Å². The van der Waals surface area contributed by atoms with E-state index >= 15 is 0 Å². The normalized spacial score (nSPS) is 14.2. The summed E-state index contributed by atoms with van der Waals surface area (Å²) in [5.74, 6) is -0.831. The molecule has 1 aliphatic heterocycles. The Morgan fingerprint density at radius 2 is 1.76 bits per heavy atom. The van der Waals surface area contributed by atoms with Gasteiger partial charge in [0.1, 0.15) is 0 Å². The van der Waals surface area contributed by atoms with Crippen LogP contribution in [0.2, 0.25) is 0 Å². The molecule has 2 heterocycles. The zero-order valence-corrected chi connectivity index (χ0v) is 19.7. The molecular formula is C21H23N5O5S2. The van der Waals surface area contributed by atoms with Gasteiger partial charge in [-0.15, -0.1) is 0 Å². The largest absolute Gasteiger partial charge is 0.378 e. The van der Waals surface area contributed by atoms with Crippen LogP contribution in [-0.2, 0) is 19.6 Å². The maximum absolute atomic E-state index is 13.1. The van der Waals surface area contributed by atoms with E-state index in [2.05, 4.69) is 25.2 Å². The van der Waals surface area contributed by atoms with Gasteiger partial charge in [-0.3, -0.25) is 14.3 Å². The van der Waals surface area contributed by atoms with E-state index in [9.17, 15) is 18.0 Å². The fourth-order valence-electron chi connectivity index (χ4n) is 3.38. The van der Waals surface area contributed by atoms with Crippen molar-refractivity contribution in [2.75, 3.05) is 52.8 Å². The average Bonchev–Trinajstić information content (AvgIpc) is 3.17. The molecule has 0 bridgehead atoms. The molecule has 1 fully saturated rings. The molecule has 0 aliphatic carbocycles. The van der Waals surface area contributed by atoms with Crippen molar-refractivity contribution in [1.29, 1.82) is 0 Å². The third-order valence-corrected chi connectivity index (χ3v) is 6.47. The molecule has 0 saturated carbocycles. The number of amides is 2. The molecule has 12 heteroatoms. The number of hydrogen-bond acceptors (Lipinski definition) is 8. The summed E-state index contributed by atoms with van der Waals surface area (Å²) in [6.45, 7) is 4.24. The van der Waals surface area contributed by atoms with Gasteiger partial charge in [0.05, 0.1) is 40.9 Å². The second kappa shape index (κ2) is 9.33. The number of sulfonamides is 1. The highest BCUT2D eigenvalue weighted by molar-refractivity contribution is 7.92. The molecule has 0 radical (unpaired) electrons. The van der Waals surface area contributed by atoms with Gasteiger partial charge in [0.2, 0.25) is 15.9 Å². The molecule has 0 spiro atoms. The van der Waals surface area contributed by atoms with Gasteiger partial charge in [-0.05, 0) is 36.4 Å². The van der Waals surface area contributed by atoms with Gasteiger partial charge < -0.3 is 20.3 Å². The zero-order valence-electron chi connectivity index (χ0n) is 18.0. The van der Waals surface area contributed by atoms with Crippen molar-refractivity contribution >= 4 is 65.6 Å². The Balaban J connectivity index is 1.60. The third-order valence-electron chi connectivity index (χ3n) is 4.80. The standard InChI is InChI=1S/C21H23N5O5S2/c1-13(27)22-14-3-5-17(25-33(2,29)30)16(11-14)20(28)23-15-4-6-18-19(12-15)32-21(24-18)26-7-9-31-10-8-26/h3-6,11-12,25H,7-10H2,1-2H3,(H,22,27)(H,23,28). The topological polar surface area (TPSA) is 130 Å². The van der Waals surface area contributed by atoms with Gasteiger partial charge >= 0.3 is 0 Å². The first-order chi connectivity index (χ1) is 15.7. The van der Waals surface area contributed by atoms with Gasteiger partial charge in [0.15, 0.2) is 5.13 Å². The fraction of sp³-hybridized carbons (Fsp3) is 0.286. The molecule has 1 aromatic heterocycles. The van der Waals surface area contributed by atoms with Crippen LogP contribution in [0.25, 0.3) is 10.2 Å². The van der Waals surface area contributed by atoms with E-state index in [0.717, 1.165) is 34.7 Å². The van der Waals surface area contributed by atoms with Crippen molar-refractivity contribution in [3.05, 3.63) is 42.0 Å². The molecule has 0 unspecified atom stereocenters. The SMILES string of the molecule is CC(=O)Nc1ccc(NS(C)(=O)=O)c(C(=O)Nc2ccc3nc(N4CCOCC4)sc3c2)c1. The number of morpholine rings is 1. The molecule has 10 nitrogen and oxygen atoms in total. The molecule has 3 N–H and O–H groups in total. The van der Waals surface area contributed by atoms with Crippen LogP contribution in [0.5, 0.6) is 0 Å². The van der Waals surface area contributed by atoms with E-state index < -0.39 is 15.9 Å². The third kappa shape index (κ3) is 5.78. The minimum atomic E-state index is -3.62. The minimum Gasteiger partial charge on any atom is -0.378 e. The lowest BCUT2D eigenvalue weighted by Crippen LogP contribution is -2.36. The van der Waals surface area contributed by atoms with Crippen molar-refractivity contribution in [3.8, 4) is 0 Å². The summed E-state index contributed by atoms with van der Waals surface area (Å²) in [5, 5.41) is 6.30. The summed E-state index contributed by atoms with van der Waals surface area (Å²) in [4.78, 5) is 31.3. The number of benzene rings is 2. The predicted octanol–water partition coefficient (Wildman–Crippen LogP) is 2.72. The summed E-state index contributed by atoms with van der Waals surface area (Å²) in [7, 11) is -3.62. The van der Waals surface area contributed by atoms with E-state index in [1.54, 1.807) is 6.07 Å². The molecule has 174 valence electrons. The number of carbonyl (C=O) groups is 2. The van der Waals surface area contributed by atoms with Crippen LogP contribution in [0.3, 0.4) is 0 Å². The fourth-order valence-corrected chi connectivity index (χ4v) is 5.01. The first-order valence-electron chi connectivity index (χ1n) is 10.1. The van der Waals surface area contributed by atoms with E-state index in [0.29, 0.717) is 24.6 Å². The van der Waals surface area contributed by atoms with Gasteiger partial charge in [0, 0.05) is 31.4 Å². The number of ether oxygens (including phenoxy) is 1. The van der Waals surface area contributed by atoms with Gasteiger partial charge in [-0.25, -0.2) is 13.4 Å².